The van der Waals surface area contributed by atoms with E-state index in [1.54, 1.807) is 6.07 Å². The van der Waals surface area contributed by atoms with E-state index in [4.69, 9.17) is 5.73 Å². The van der Waals surface area contributed by atoms with E-state index in [9.17, 15) is 23.5 Å². The number of carbonyl (C=O) groups excluding carboxylic acids is 2. The summed E-state index contributed by atoms with van der Waals surface area (Å²) in [7, 11) is 0. The number of rotatable bonds is 12. The van der Waals surface area contributed by atoms with Crippen LogP contribution in [0.25, 0.3) is 0 Å². The lowest BCUT2D eigenvalue weighted by molar-refractivity contribution is -0.119. The molecule has 0 aliphatic carbocycles. The van der Waals surface area contributed by atoms with E-state index in [2.05, 4.69) is 23.3 Å². The summed E-state index contributed by atoms with van der Waals surface area (Å²) in [6.45, 7) is 2.07. The van der Waals surface area contributed by atoms with Gasteiger partial charge >= 0.3 is 0 Å². The number of aliphatic hydroxyl groups is 1. The van der Waals surface area contributed by atoms with Crippen LogP contribution < -0.4 is 11.1 Å². The molecule has 1 aromatic heterocycles. The molecule has 4 N–H and O–H groups in total. The highest BCUT2D eigenvalue weighted by molar-refractivity contribution is 5.96. The Hall–Kier alpha value is -3.69. The third kappa shape index (κ3) is 7.66. The van der Waals surface area contributed by atoms with Gasteiger partial charge in [0.15, 0.2) is 0 Å². The third-order valence-electron chi connectivity index (χ3n) is 5.79. The Kier molecular flexibility index (Phi) is 9.61. The fraction of sp³-hybridized carbons (Fsp3) is 0.296. The molecule has 7 nitrogen and oxygen atoms in total. The van der Waals surface area contributed by atoms with E-state index in [-0.39, 0.29) is 24.1 Å². The van der Waals surface area contributed by atoms with Crippen molar-refractivity contribution in [3.63, 3.8) is 0 Å². The van der Waals surface area contributed by atoms with Crippen molar-refractivity contribution in [1.29, 1.82) is 0 Å². The van der Waals surface area contributed by atoms with Crippen molar-refractivity contribution in [3.8, 4) is 0 Å². The van der Waals surface area contributed by atoms with Gasteiger partial charge in [-0.1, -0.05) is 31.2 Å². The lowest BCUT2D eigenvalue weighted by Crippen LogP contribution is -2.53. The molecule has 0 aliphatic rings. The number of primary amides is 1. The maximum Gasteiger partial charge on any atom is 0.256 e. The Morgan fingerprint density at radius 1 is 1.06 bits per heavy atom. The van der Waals surface area contributed by atoms with Gasteiger partial charge in [-0.05, 0) is 53.8 Å². The van der Waals surface area contributed by atoms with Gasteiger partial charge in [0, 0.05) is 31.5 Å². The van der Waals surface area contributed by atoms with Crippen LogP contribution in [-0.4, -0.2) is 52.0 Å². The Labute approximate surface area is 209 Å². The fourth-order valence-corrected chi connectivity index (χ4v) is 4.05. The van der Waals surface area contributed by atoms with Crippen molar-refractivity contribution in [2.45, 2.75) is 38.5 Å². The average molecular weight is 497 g/mol. The largest absolute Gasteiger partial charge is 0.390 e. The molecule has 190 valence electrons. The molecule has 36 heavy (non-hydrogen) atoms. The number of aromatic nitrogens is 1. The summed E-state index contributed by atoms with van der Waals surface area (Å²) >= 11 is 0. The van der Waals surface area contributed by atoms with E-state index in [0.29, 0.717) is 6.54 Å². The second-order valence-corrected chi connectivity index (χ2v) is 8.56. The molecule has 9 heteroatoms. The maximum absolute atomic E-state index is 13.9. The minimum atomic E-state index is -1.19. The summed E-state index contributed by atoms with van der Waals surface area (Å²) in [5.74, 6) is -2.95. The molecule has 2 aromatic carbocycles. The number of pyridine rings is 1. The van der Waals surface area contributed by atoms with Gasteiger partial charge in [-0.25, -0.2) is 8.78 Å². The quantitative estimate of drug-likeness (QED) is 0.357. The molecule has 2 atom stereocenters. The van der Waals surface area contributed by atoms with Crippen molar-refractivity contribution < 1.29 is 23.5 Å². The number of carbonyl (C=O) groups is 2. The zero-order valence-corrected chi connectivity index (χ0v) is 20.0. The highest BCUT2D eigenvalue weighted by Gasteiger charge is 2.32. The Morgan fingerprint density at radius 2 is 1.78 bits per heavy atom. The molecule has 0 aliphatic heterocycles. The number of hydrogen-bond acceptors (Lipinski definition) is 5. The van der Waals surface area contributed by atoms with Crippen molar-refractivity contribution in [1.82, 2.24) is 15.2 Å². The van der Waals surface area contributed by atoms with Crippen LogP contribution in [0.5, 0.6) is 0 Å². The van der Waals surface area contributed by atoms with Gasteiger partial charge in [0.1, 0.15) is 18.2 Å². The molecule has 0 spiro atoms. The minimum Gasteiger partial charge on any atom is -0.390 e. The van der Waals surface area contributed by atoms with E-state index in [1.165, 1.54) is 24.0 Å². The average Bonchev–Trinajstić information content (AvgIpc) is 2.85. The fourth-order valence-electron chi connectivity index (χ4n) is 4.05. The summed E-state index contributed by atoms with van der Waals surface area (Å²) in [5, 5.41) is 14.3. The van der Waals surface area contributed by atoms with E-state index in [0.717, 1.165) is 35.1 Å². The number of amides is 2. The van der Waals surface area contributed by atoms with Gasteiger partial charge in [0.05, 0.1) is 17.7 Å². The molecular weight excluding hydrogens is 466 g/mol. The number of hydrogen-bond donors (Lipinski definition) is 3. The van der Waals surface area contributed by atoms with Crippen molar-refractivity contribution in [3.05, 3.63) is 101 Å². The van der Waals surface area contributed by atoms with Crippen LogP contribution in [0, 0.1) is 11.6 Å². The number of halogens is 2. The molecular formula is C27H30F2N4O3. The van der Waals surface area contributed by atoms with Crippen molar-refractivity contribution >= 4 is 11.8 Å². The van der Waals surface area contributed by atoms with E-state index < -0.39 is 42.1 Å². The predicted molar refractivity (Wildman–Crippen MR) is 132 cm³/mol. The summed E-state index contributed by atoms with van der Waals surface area (Å²) < 4.78 is 27.8. The highest BCUT2D eigenvalue weighted by Crippen LogP contribution is 2.18. The molecule has 3 aromatic rings. The zero-order valence-electron chi connectivity index (χ0n) is 20.0. The topological polar surface area (TPSA) is 109 Å². The van der Waals surface area contributed by atoms with E-state index in [1.807, 2.05) is 18.2 Å². The Morgan fingerprint density at radius 3 is 2.42 bits per heavy atom. The first kappa shape index (κ1) is 26.9. The normalized spacial score (nSPS) is 12.7. The smallest absolute Gasteiger partial charge is 0.256 e. The minimum absolute atomic E-state index is 0.0500. The number of benzene rings is 2. The summed E-state index contributed by atoms with van der Waals surface area (Å²) in [6, 6.07) is 13.1. The molecule has 0 fully saturated rings. The number of aliphatic hydroxyl groups excluding tert-OH is 1. The summed E-state index contributed by atoms with van der Waals surface area (Å²) in [4.78, 5) is 30.3. The first-order valence-electron chi connectivity index (χ1n) is 11.7. The Balaban J connectivity index is 1.86. The van der Waals surface area contributed by atoms with Crippen LogP contribution in [0.3, 0.4) is 0 Å². The van der Waals surface area contributed by atoms with Crippen LogP contribution in [0.15, 0.2) is 67.0 Å². The number of nitrogens with one attached hydrogen (secondary N) is 1. The monoisotopic (exact) mass is 496 g/mol. The molecule has 0 unspecified atom stereocenters. The lowest BCUT2D eigenvalue weighted by atomic mass is 9.98. The van der Waals surface area contributed by atoms with Crippen molar-refractivity contribution in [2.24, 2.45) is 5.73 Å². The molecule has 0 bridgehead atoms. The molecule has 3 rings (SSSR count). The van der Waals surface area contributed by atoms with Gasteiger partial charge in [-0.15, -0.1) is 0 Å². The molecule has 0 saturated carbocycles. The molecule has 0 saturated heterocycles. The SMILES string of the molecule is CCc1cccc(CNC[C@@H](O)[C@H](Cc2cc(F)cc(F)c2)N(CC(N)=O)C(=O)c2cccnc2)c1. The van der Waals surface area contributed by atoms with Gasteiger partial charge in [-0.3, -0.25) is 14.6 Å². The van der Waals surface area contributed by atoms with Crippen LogP contribution in [0.4, 0.5) is 8.78 Å². The highest BCUT2D eigenvalue weighted by atomic mass is 19.1. The molecule has 0 radical (unpaired) electrons. The Bertz CT molecular complexity index is 1160. The van der Waals surface area contributed by atoms with Gasteiger partial charge in [0.2, 0.25) is 5.91 Å². The maximum atomic E-state index is 13.9. The van der Waals surface area contributed by atoms with Crippen LogP contribution in [-0.2, 0) is 24.2 Å². The molecule has 1 heterocycles. The molecule has 2 amide bonds. The van der Waals surface area contributed by atoms with Gasteiger partial charge in [-0.2, -0.15) is 0 Å². The first-order chi connectivity index (χ1) is 17.3. The number of aryl methyl sites for hydroxylation is 1. The first-order valence-corrected chi connectivity index (χ1v) is 11.7. The van der Waals surface area contributed by atoms with Crippen LogP contribution in [0.1, 0.15) is 34.0 Å². The number of nitrogens with two attached hydrogens (primary N) is 1. The second-order valence-electron chi connectivity index (χ2n) is 8.56. The van der Waals surface area contributed by atoms with Crippen molar-refractivity contribution in [2.75, 3.05) is 13.1 Å². The summed E-state index contributed by atoms with van der Waals surface area (Å²) in [6.07, 6.45) is 2.42. The van der Waals surface area contributed by atoms with Gasteiger partial charge < -0.3 is 21.1 Å². The zero-order chi connectivity index (χ0) is 26.1. The van der Waals surface area contributed by atoms with E-state index >= 15 is 0 Å². The van der Waals surface area contributed by atoms with Gasteiger partial charge in [0.25, 0.3) is 5.91 Å². The lowest BCUT2D eigenvalue weighted by Gasteiger charge is -2.34. The summed E-state index contributed by atoms with van der Waals surface area (Å²) in [5.41, 5.74) is 8.03. The second kappa shape index (κ2) is 12.9. The van der Waals surface area contributed by atoms with Crippen LogP contribution >= 0.6 is 0 Å². The standard InChI is InChI=1S/C27H30F2N4O3/c1-2-18-5-3-6-19(9-18)14-32-16-25(34)24(12-20-10-22(28)13-23(29)11-20)33(17-26(30)35)27(36)21-7-4-8-31-15-21/h3-11,13,15,24-25,32,34H,2,12,14,16-17H2,1H3,(H2,30,35)/t24-,25+/m0/s1. The third-order valence-corrected chi connectivity index (χ3v) is 5.79. The number of nitrogens with zero attached hydrogens (tertiary/aromatic N) is 2. The van der Waals surface area contributed by atoms with Crippen LogP contribution in [0.2, 0.25) is 0 Å². The predicted octanol–water partition coefficient (Wildman–Crippen LogP) is 2.61.